The van der Waals surface area contributed by atoms with Crippen molar-refractivity contribution in [1.29, 1.82) is 0 Å². The minimum absolute atomic E-state index is 0.160. The molecular formula is C20H19ClF3N3O2. The van der Waals surface area contributed by atoms with Crippen molar-refractivity contribution < 1.29 is 23.0 Å². The van der Waals surface area contributed by atoms with Crippen LogP contribution in [0.15, 0.2) is 55.1 Å². The quantitative estimate of drug-likeness (QED) is 0.583. The molecule has 154 valence electrons. The standard InChI is InChI=1S/C20H19ClF3N3O2/c1-13(2)19(28,10-27-12-25-11-26-27)18-9-16(7-8-17(18)20(22,23)24)29-15-5-3-14(21)4-6-15/h3-9,11-13,28H,10H2,1-2H3. The van der Waals surface area contributed by atoms with Gasteiger partial charge in [0.15, 0.2) is 0 Å². The van der Waals surface area contributed by atoms with Crippen molar-refractivity contribution in [2.24, 2.45) is 5.92 Å². The van der Waals surface area contributed by atoms with Crippen molar-refractivity contribution in [2.45, 2.75) is 32.2 Å². The molecule has 9 heteroatoms. The molecule has 1 atom stereocenters. The molecule has 1 unspecified atom stereocenters. The van der Waals surface area contributed by atoms with Crippen LogP contribution in [0.3, 0.4) is 0 Å². The van der Waals surface area contributed by atoms with Gasteiger partial charge in [0.25, 0.3) is 0 Å². The van der Waals surface area contributed by atoms with E-state index in [-0.39, 0.29) is 17.9 Å². The molecule has 0 amide bonds. The lowest BCUT2D eigenvalue weighted by molar-refractivity contribution is -0.142. The van der Waals surface area contributed by atoms with E-state index < -0.39 is 23.3 Å². The third kappa shape index (κ3) is 4.71. The lowest BCUT2D eigenvalue weighted by atomic mass is 9.80. The Hall–Kier alpha value is -2.58. The largest absolute Gasteiger partial charge is 0.457 e. The summed E-state index contributed by atoms with van der Waals surface area (Å²) in [6, 6.07) is 9.77. The topological polar surface area (TPSA) is 60.2 Å². The van der Waals surface area contributed by atoms with Crippen LogP contribution >= 0.6 is 11.6 Å². The van der Waals surface area contributed by atoms with Gasteiger partial charge >= 0.3 is 6.18 Å². The molecule has 0 aliphatic carbocycles. The maximum Gasteiger partial charge on any atom is 0.416 e. The maximum absolute atomic E-state index is 13.7. The Bertz CT molecular complexity index is 960. The SMILES string of the molecule is CC(C)C(O)(Cn1cncn1)c1cc(Oc2ccc(Cl)cc2)ccc1C(F)(F)F. The molecule has 2 aromatic carbocycles. The van der Waals surface area contributed by atoms with Crippen LogP contribution in [0.4, 0.5) is 13.2 Å². The van der Waals surface area contributed by atoms with Crippen molar-refractivity contribution in [1.82, 2.24) is 14.8 Å². The van der Waals surface area contributed by atoms with Crippen molar-refractivity contribution in [3.05, 3.63) is 71.3 Å². The number of alkyl halides is 3. The molecule has 5 nitrogen and oxygen atoms in total. The molecule has 0 fully saturated rings. The minimum atomic E-state index is -4.65. The van der Waals surface area contributed by atoms with Crippen LogP contribution < -0.4 is 4.74 Å². The molecule has 1 N–H and O–H groups in total. The summed E-state index contributed by atoms with van der Waals surface area (Å²) >= 11 is 5.85. The first-order valence-corrected chi connectivity index (χ1v) is 9.17. The summed E-state index contributed by atoms with van der Waals surface area (Å²) in [5.41, 5.74) is -3.09. The number of halogens is 4. The first-order valence-electron chi connectivity index (χ1n) is 8.79. The zero-order valence-electron chi connectivity index (χ0n) is 15.7. The highest BCUT2D eigenvalue weighted by atomic mass is 35.5. The normalized spacial score (nSPS) is 14.1. The number of nitrogens with zero attached hydrogens (tertiary/aromatic N) is 3. The number of aliphatic hydroxyl groups is 1. The third-order valence-electron chi connectivity index (χ3n) is 4.64. The number of ether oxygens (including phenoxy) is 1. The highest BCUT2D eigenvalue weighted by Crippen LogP contribution is 2.42. The first-order chi connectivity index (χ1) is 13.6. The second-order valence-corrected chi connectivity index (χ2v) is 7.37. The average Bonchev–Trinajstić information content (AvgIpc) is 3.15. The summed E-state index contributed by atoms with van der Waals surface area (Å²) in [7, 11) is 0. The molecule has 1 aromatic heterocycles. The first kappa shape index (κ1) is 21.1. The smallest absolute Gasteiger partial charge is 0.416 e. The zero-order chi connectivity index (χ0) is 21.2. The van der Waals surface area contributed by atoms with E-state index in [2.05, 4.69) is 10.1 Å². The van der Waals surface area contributed by atoms with Gasteiger partial charge in [-0.25, -0.2) is 9.67 Å². The number of benzene rings is 2. The summed E-state index contributed by atoms with van der Waals surface area (Å²) < 4.78 is 48.1. The molecule has 0 saturated heterocycles. The Morgan fingerprint density at radius 2 is 1.72 bits per heavy atom. The summed E-state index contributed by atoms with van der Waals surface area (Å²) in [6.45, 7) is 3.09. The van der Waals surface area contributed by atoms with Gasteiger partial charge in [-0.1, -0.05) is 25.4 Å². The molecular weight excluding hydrogens is 407 g/mol. The van der Waals surface area contributed by atoms with Crippen LogP contribution in [0, 0.1) is 5.92 Å². The monoisotopic (exact) mass is 425 g/mol. The summed E-state index contributed by atoms with van der Waals surface area (Å²) in [6.07, 6.45) is -2.06. The van der Waals surface area contributed by atoms with E-state index in [0.29, 0.717) is 10.8 Å². The van der Waals surface area contributed by atoms with E-state index in [1.165, 1.54) is 29.5 Å². The predicted molar refractivity (Wildman–Crippen MR) is 102 cm³/mol. The fourth-order valence-corrected chi connectivity index (χ4v) is 3.10. The lowest BCUT2D eigenvalue weighted by Gasteiger charge is -2.34. The molecule has 0 radical (unpaired) electrons. The van der Waals surface area contributed by atoms with Gasteiger partial charge in [0.1, 0.15) is 29.8 Å². The minimum Gasteiger partial charge on any atom is -0.457 e. The molecule has 0 aliphatic rings. The van der Waals surface area contributed by atoms with Gasteiger partial charge in [-0.2, -0.15) is 18.3 Å². The van der Waals surface area contributed by atoms with E-state index in [0.717, 1.165) is 6.07 Å². The summed E-state index contributed by atoms with van der Waals surface area (Å²) in [4.78, 5) is 3.79. The molecule has 0 spiro atoms. The number of hydrogen-bond acceptors (Lipinski definition) is 4. The second-order valence-electron chi connectivity index (χ2n) is 6.93. The Morgan fingerprint density at radius 1 is 1.07 bits per heavy atom. The number of rotatable bonds is 6. The van der Waals surface area contributed by atoms with Crippen LogP contribution in [0.25, 0.3) is 0 Å². The number of aromatic nitrogens is 3. The summed E-state index contributed by atoms with van der Waals surface area (Å²) in [5, 5.41) is 15.8. The van der Waals surface area contributed by atoms with Crippen LogP contribution in [-0.2, 0) is 18.3 Å². The fraction of sp³-hybridized carbons (Fsp3) is 0.300. The van der Waals surface area contributed by atoms with E-state index in [9.17, 15) is 18.3 Å². The van der Waals surface area contributed by atoms with Gasteiger partial charge in [0, 0.05) is 10.6 Å². The average molecular weight is 426 g/mol. The highest BCUT2D eigenvalue weighted by molar-refractivity contribution is 6.30. The Morgan fingerprint density at radius 3 is 2.28 bits per heavy atom. The van der Waals surface area contributed by atoms with E-state index in [4.69, 9.17) is 16.3 Å². The van der Waals surface area contributed by atoms with Crippen LogP contribution in [-0.4, -0.2) is 19.9 Å². The molecule has 0 aliphatic heterocycles. The van der Waals surface area contributed by atoms with Gasteiger partial charge < -0.3 is 9.84 Å². The van der Waals surface area contributed by atoms with Gasteiger partial charge in [-0.15, -0.1) is 0 Å². The lowest BCUT2D eigenvalue weighted by Crippen LogP contribution is -2.39. The highest BCUT2D eigenvalue weighted by Gasteiger charge is 2.43. The van der Waals surface area contributed by atoms with E-state index >= 15 is 0 Å². The van der Waals surface area contributed by atoms with Crippen molar-refractivity contribution in [2.75, 3.05) is 0 Å². The Kier molecular flexibility index (Phi) is 5.86. The molecule has 29 heavy (non-hydrogen) atoms. The van der Waals surface area contributed by atoms with Crippen LogP contribution in [0.1, 0.15) is 25.0 Å². The van der Waals surface area contributed by atoms with Crippen LogP contribution in [0.2, 0.25) is 5.02 Å². The van der Waals surface area contributed by atoms with E-state index in [1.807, 2.05) is 0 Å². The van der Waals surface area contributed by atoms with Crippen molar-refractivity contribution in [3.8, 4) is 11.5 Å². The molecule has 0 saturated carbocycles. The Balaban J connectivity index is 2.08. The molecule has 3 aromatic rings. The van der Waals surface area contributed by atoms with E-state index in [1.54, 1.807) is 38.1 Å². The Labute approximate surface area is 170 Å². The van der Waals surface area contributed by atoms with Crippen molar-refractivity contribution in [3.63, 3.8) is 0 Å². The maximum atomic E-state index is 13.7. The fourth-order valence-electron chi connectivity index (χ4n) is 2.97. The van der Waals surface area contributed by atoms with Gasteiger partial charge in [0.2, 0.25) is 0 Å². The third-order valence-corrected chi connectivity index (χ3v) is 4.89. The van der Waals surface area contributed by atoms with Crippen molar-refractivity contribution >= 4 is 11.6 Å². The molecule has 0 bridgehead atoms. The molecule has 3 rings (SSSR count). The van der Waals surface area contributed by atoms with Gasteiger partial charge in [-0.05, 0) is 48.4 Å². The summed E-state index contributed by atoms with van der Waals surface area (Å²) in [5.74, 6) is 0.0102. The van der Waals surface area contributed by atoms with Gasteiger partial charge in [-0.3, -0.25) is 0 Å². The van der Waals surface area contributed by atoms with Crippen LogP contribution in [0.5, 0.6) is 11.5 Å². The molecule has 1 heterocycles. The second kappa shape index (κ2) is 8.04. The van der Waals surface area contributed by atoms with Gasteiger partial charge in [0.05, 0.1) is 12.1 Å². The predicted octanol–water partition coefficient (Wildman–Crippen LogP) is 5.29. The number of hydrogen-bond donors (Lipinski definition) is 1. The zero-order valence-corrected chi connectivity index (χ0v) is 16.4.